The molecule has 8 nitrogen and oxygen atoms in total. The standard InChI is InChI=1S/C20H21FN2O6S/c21-17-6-5-15(30(25,26)23-7-9-27-10-8-23)11-16(17)20(24)22-12-14-13-28-18-3-1-2-4-19(18)29-14/h1-6,11,14H,7-10,12-13H2,(H,22,24)/t14-/m1/s1. The lowest BCUT2D eigenvalue weighted by molar-refractivity contribution is 0.0730. The zero-order valence-electron chi connectivity index (χ0n) is 16.0. The number of hydrogen-bond donors (Lipinski definition) is 1. The Bertz CT molecular complexity index is 1040. The molecule has 2 aliphatic rings. The maximum absolute atomic E-state index is 14.3. The van der Waals surface area contributed by atoms with E-state index in [1.54, 1.807) is 18.2 Å². The molecule has 30 heavy (non-hydrogen) atoms. The first kappa shape index (κ1) is 20.6. The van der Waals surface area contributed by atoms with Crippen molar-refractivity contribution in [3.05, 3.63) is 53.8 Å². The van der Waals surface area contributed by atoms with Gasteiger partial charge in [-0.1, -0.05) is 12.1 Å². The van der Waals surface area contributed by atoms with Crippen molar-refractivity contribution in [2.24, 2.45) is 0 Å². The highest BCUT2D eigenvalue weighted by Gasteiger charge is 2.28. The van der Waals surface area contributed by atoms with Crippen LogP contribution in [0.2, 0.25) is 0 Å². The molecular formula is C20H21FN2O6S. The first-order chi connectivity index (χ1) is 14.4. The summed E-state index contributed by atoms with van der Waals surface area (Å²) in [6.45, 7) is 1.31. The van der Waals surface area contributed by atoms with Gasteiger partial charge >= 0.3 is 0 Å². The fraction of sp³-hybridized carbons (Fsp3) is 0.350. The van der Waals surface area contributed by atoms with E-state index in [4.69, 9.17) is 14.2 Å². The molecule has 1 atom stereocenters. The third-order valence-electron chi connectivity index (χ3n) is 4.85. The molecule has 0 unspecified atom stereocenters. The molecule has 160 valence electrons. The van der Waals surface area contributed by atoms with Gasteiger partial charge < -0.3 is 19.5 Å². The van der Waals surface area contributed by atoms with Gasteiger partial charge in [-0.25, -0.2) is 12.8 Å². The maximum atomic E-state index is 14.3. The van der Waals surface area contributed by atoms with Crippen molar-refractivity contribution in [1.29, 1.82) is 0 Å². The molecule has 0 spiro atoms. The first-order valence-electron chi connectivity index (χ1n) is 9.49. The van der Waals surface area contributed by atoms with E-state index in [0.29, 0.717) is 24.7 Å². The van der Waals surface area contributed by atoms with Crippen molar-refractivity contribution < 1.29 is 31.8 Å². The monoisotopic (exact) mass is 436 g/mol. The average Bonchev–Trinajstić information content (AvgIpc) is 2.78. The second kappa shape index (κ2) is 8.58. The van der Waals surface area contributed by atoms with Gasteiger partial charge in [0.15, 0.2) is 11.5 Å². The van der Waals surface area contributed by atoms with Crippen LogP contribution in [0.5, 0.6) is 11.5 Å². The highest BCUT2D eigenvalue weighted by molar-refractivity contribution is 7.89. The molecule has 2 aliphatic heterocycles. The van der Waals surface area contributed by atoms with Crippen molar-refractivity contribution in [2.75, 3.05) is 39.5 Å². The van der Waals surface area contributed by atoms with Crippen molar-refractivity contribution in [2.45, 2.75) is 11.0 Å². The number of sulfonamides is 1. The van der Waals surface area contributed by atoms with Gasteiger partial charge in [0, 0.05) is 13.1 Å². The smallest absolute Gasteiger partial charge is 0.254 e. The number of halogens is 1. The Labute approximate surface area is 173 Å². The predicted molar refractivity (Wildman–Crippen MR) is 105 cm³/mol. The zero-order chi connectivity index (χ0) is 21.1. The summed E-state index contributed by atoms with van der Waals surface area (Å²) in [6.07, 6.45) is -0.452. The minimum Gasteiger partial charge on any atom is -0.486 e. The van der Waals surface area contributed by atoms with Crippen LogP contribution >= 0.6 is 0 Å². The molecule has 0 bridgehead atoms. The Balaban J connectivity index is 1.45. The van der Waals surface area contributed by atoms with E-state index in [1.807, 2.05) is 6.07 Å². The summed E-state index contributed by atoms with van der Waals surface area (Å²) in [6, 6.07) is 10.4. The summed E-state index contributed by atoms with van der Waals surface area (Å²) in [5.74, 6) is -0.353. The summed E-state index contributed by atoms with van der Waals surface area (Å²) in [7, 11) is -3.84. The number of carbonyl (C=O) groups is 1. The van der Waals surface area contributed by atoms with E-state index in [2.05, 4.69) is 5.32 Å². The minimum absolute atomic E-state index is 0.0764. The third kappa shape index (κ3) is 4.25. The van der Waals surface area contributed by atoms with E-state index < -0.39 is 27.9 Å². The van der Waals surface area contributed by atoms with Gasteiger partial charge in [0.25, 0.3) is 5.91 Å². The number of rotatable bonds is 5. The summed E-state index contributed by atoms with van der Waals surface area (Å²) in [4.78, 5) is 12.4. The highest BCUT2D eigenvalue weighted by atomic mass is 32.2. The number of benzene rings is 2. The summed E-state index contributed by atoms with van der Waals surface area (Å²) < 4.78 is 57.6. The normalized spacial score (nSPS) is 19.3. The van der Waals surface area contributed by atoms with Gasteiger partial charge in [0.1, 0.15) is 18.5 Å². The molecule has 1 amide bonds. The van der Waals surface area contributed by atoms with Crippen molar-refractivity contribution in [1.82, 2.24) is 9.62 Å². The number of ether oxygens (including phenoxy) is 3. The number of para-hydroxylation sites is 2. The molecule has 1 saturated heterocycles. The van der Waals surface area contributed by atoms with E-state index in [9.17, 15) is 17.6 Å². The Morgan fingerprint density at radius 3 is 2.63 bits per heavy atom. The SMILES string of the molecule is O=C(NC[C@@H]1COc2ccccc2O1)c1cc(S(=O)(=O)N2CCOCC2)ccc1F. The predicted octanol–water partition coefficient (Wildman–Crippen LogP) is 1.42. The maximum Gasteiger partial charge on any atom is 0.254 e. The average molecular weight is 436 g/mol. The zero-order valence-corrected chi connectivity index (χ0v) is 16.9. The van der Waals surface area contributed by atoms with E-state index in [-0.39, 0.29) is 36.7 Å². The summed E-state index contributed by atoms with van der Waals surface area (Å²) >= 11 is 0. The van der Waals surface area contributed by atoms with Crippen molar-refractivity contribution in [3.63, 3.8) is 0 Å². The van der Waals surface area contributed by atoms with Gasteiger partial charge in [0.05, 0.1) is 30.2 Å². The molecule has 0 aliphatic carbocycles. The van der Waals surface area contributed by atoms with Gasteiger partial charge in [-0.05, 0) is 30.3 Å². The van der Waals surface area contributed by atoms with Crippen LogP contribution in [-0.2, 0) is 14.8 Å². The highest BCUT2D eigenvalue weighted by Crippen LogP contribution is 2.30. The Kier molecular flexibility index (Phi) is 5.89. The molecule has 2 aromatic rings. The Hall–Kier alpha value is -2.69. The number of nitrogens with one attached hydrogen (secondary N) is 1. The molecular weight excluding hydrogens is 415 g/mol. The number of carbonyl (C=O) groups excluding carboxylic acids is 1. The number of fused-ring (bicyclic) bond motifs is 1. The number of amides is 1. The summed E-state index contributed by atoms with van der Waals surface area (Å²) in [5.41, 5.74) is -0.346. The topological polar surface area (TPSA) is 94.2 Å². The van der Waals surface area contributed by atoms with Crippen LogP contribution in [0.4, 0.5) is 4.39 Å². The lowest BCUT2D eigenvalue weighted by Crippen LogP contribution is -2.41. The fourth-order valence-corrected chi connectivity index (χ4v) is 4.68. The molecule has 10 heteroatoms. The molecule has 0 aromatic heterocycles. The Morgan fingerprint density at radius 2 is 1.87 bits per heavy atom. The van der Waals surface area contributed by atoms with Crippen LogP contribution in [0.15, 0.2) is 47.4 Å². The first-order valence-corrected chi connectivity index (χ1v) is 10.9. The van der Waals surface area contributed by atoms with Crippen LogP contribution in [0, 0.1) is 5.82 Å². The molecule has 2 aromatic carbocycles. The Morgan fingerprint density at radius 1 is 1.13 bits per heavy atom. The fourth-order valence-electron chi connectivity index (χ4n) is 3.24. The number of nitrogens with zero attached hydrogens (tertiary/aromatic N) is 1. The van der Waals surface area contributed by atoms with E-state index in [0.717, 1.165) is 18.2 Å². The largest absolute Gasteiger partial charge is 0.486 e. The van der Waals surface area contributed by atoms with E-state index >= 15 is 0 Å². The molecule has 0 radical (unpaired) electrons. The second-order valence-electron chi connectivity index (χ2n) is 6.87. The van der Waals surface area contributed by atoms with Crippen LogP contribution in [0.3, 0.4) is 0 Å². The molecule has 0 saturated carbocycles. The quantitative estimate of drug-likeness (QED) is 0.762. The number of hydrogen-bond acceptors (Lipinski definition) is 6. The van der Waals surface area contributed by atoms with Gasteiger partial charge in [0.2, 0.25) is 10.0 Å². The van der Waals surface area contributed by atoms with Crippen molar-refractivity contribution in [3.8, 4) is 11.5 Å². The lowest BCUT2D eigenvalue weighted by Gasteiger charge is -2.27. The lowest BCUT2D eigenvalue weighted by atomic mass is 10.2. The molecule has 2 heterocycles. The molecule has 4 rings (SSSR count). The van der Waals surface area contributed by atoms with Crippen LogP contribution in [0.25, 0.3) is 0 Å². The van der Waals surface area contributed by atoms with Crippen LogP contribution < -0.4 is 14.8 Å². The van der Waals surface area contributed by atoms with Crippen molar-refractivity contribution >= 4 is 15.9 Å². The third-order valence-corrected chi connectivity index (χ3v) is 6.74. The van der Waals surface area contributed by atoms with Gasteiger partial charge in [-0.2, -0.15) is 4.31 Å². The van der Waals surface area contributed by atoms with E-state index in [1.165, 1.54) is 4.31 Å². The second-order valence-corrected chi connectivity index (χ2v) is 8.80. The number of morpholine rings is 1. The minimum atomic E-state index is -3.84. The molecule has 1 N–H and O–H groups in total. The van der Waals surface area contributed by atoms with Crippen LogP contribution in [0.1, 0.15) is 10.4 Å². The van der Waals surface area contributed by atoms with Gasteiger partial charge in [-0.15, -0.1) is 0 Å². The van der Waals surface area contributed by atoms with Gasteiger partial charge in [-0.3, -0.25) is 4.79 Å². The summed E-state index contributed by atoms with van der Waals surface area (Å²) in [5, 5.41) is 2.59. The molecule has 1 fully saturated rings. The van der Waals surface area contributed by atoms with Crippen LogP contribution in [-0.4, -0.2) is 64.2 Å².